The molecule has 0 amide bonds. The van der Waals surface area contributed by atoms with Crippen LogP contribution in [-0.4, -0.2) is 30.1 Å². The molecule has 0 aliphatic rings. The second kappa shape index (κ2) is 4.74. The molecule has 1 rings (SSSR count). The van der Waals surface area contributed by atoms with Crippen LogP contribution < -0.4 is 5.56 Å². The number of nitrogens with zero attached hydrogens (tertiary/aromatic N) is 2. The molecule has 0 saturated heterocycles. The molecule has 0 bridgehead atoms. The van der Waals surface area contributed by atoms with Crippen LogP contribution in [0.25, 0.3) is 0 Å². The molecule has 0 radical (unpaired) electrons. The van der Waals surface area contributed by atoms with Crippen LogP contribution in [0.5, 0.6) is 0 Å². The second-order valence-corrected chi connectivity index (χ2v) is 2.47. The highest BCUT2D eigenvalue weighted by atomic mass is 16.7. The average molecular weight is 184 g/mol. The molecule has 5 heteroatoms. The average Bonchev–Trinajstić information content (AvgIpc) is 2.17. The molecular formula is C8H12N2O3. The fourth-order valence-corrected chi connectivity index (χ4v) is 0.921. The quantitative estimate of drug-likeness (QED) is 0.611. The number of aromatic nitrogens is 2. The molecule has 72 valence electrons. The SMILES string of the molecule is COC(Cn1cnccc1=O)OC. The van der Waals surface area contributed by atoms with Crippen molar-refractivity contribution in [3.8, 4) is 0 Å². The van der Waals surface area contributed by atoms with Crippen molar-refractivity contribution < 1.29 is 9.47 Å². The zero-order chi connectivity index (χ0) is 9.68. The normalized spacial score (nSPS) is 10.7. The number of hydrogen-bond acceptors (Lipinski definition) is 4. The Bertz CT molecular complexity index is 306. The van der Waals surface area contributed by atoms with Crippen molar-refractivity contribution in [2.45, 2.75) is 12.8 Å². The van der Waals surface area contributed by atoms with Gasteiger partial charge in [-0.05, 0) is 0 Å². The third-order valence-corrected chi connectivity index (χ3v) is 1.66. The first-order chi connectivity index (χ1) is 6.27. The Morgan fingerprint density at radius 1 is 1.54 bits per heavy atom. The number of hydrogen-bond donors (Lipinski definition) is 0. The zero-order valence-electron chi connectivity index (χ0n) is 7.64. The fourth-order valence-electron chi connectivity index (χ4n) is 0.921. The number of ether oxygens (including phenoxy) is 2. The van der Waals surface area contributed by atoms with Crippen LogP contribution in [0.15, 0.2) is 23.4 Å². The molecular weight excluding hydrogens is 172 g/mol. The Balaban J connectivity index is 2.73. The second-order valence-electron chi connectivity index (χ2n) is 2.47. The van der Waals surface area contributed by atoms with E-state index < -0.39 is 6.29 Å². The maximum Gasteiger partial charge on any atom is 0.253 e. The Morgan fingerprint density at radius 3 is 2.77 bits per heavy atom. The van der Waals surface area contributed by atoms with Crippen LogP contribution in [0.2, 0.25) is 0 Å². The summed E-state index contributed by atoms with van der Waals surface area (Å²) in [5, 5.41) is 0. The van der Waals surface area contributed by atoms with Crippen molar-refractivity contribution in [1.82, 2.24) is 9.55 Å². The summed E-state index contributed by atoms with van der Waals surface area (Å²) >= 11 is 0. The van der Waals surface area contributed by atoms with Gasteiger partial charge in [0.25, 0.3) is 5.56 Å². The van der Waals surface area contributed by atoms with E-state index in [-0.39, 0.29) is 5.56 Å². The van der Waals surface area contributed by atoms with Crippen molar-refractivity contribution >= 4 is 0 Å². The molecule has 0 saturated carbocycles. The lowest BCUT2D eigenvalue weighted by atomic mass is 10.5. The van der Waals surface area contributed by atoms with E-state index in [1.807, 2.05) is 0 Å². The summed E-state index contributed by atoms with van der Waals surface area (Å²) in [7, 11) is 3.05. The van der Waals surface area contributed by atoms with Gasteiger partial charge in [0, 0.05) is 26.5 Å². The molecule has 0 N–H and O–H groups in total. The maximum atomic E-state index is 11.2. The standard InChI is InChI=1S/C8H12N2O3/c1-12-8(13-2)5-10-6-9-4-3-7(10)11/h3-4,6,8H,5H2,1-2H3. The summed E-state index contributed by atoms with van der Waals surface area (Å²) in [5.41, 5.74) is -0.117. The van der Waals surface area contributed by atoms with Crippen molar-refractivity contribution in [1.29, 1.82) is 0 Å². The minimum Gasteiger partial charge on any atom is -0.354 e. The summed E-state index contributed by atoms with van der Waals surface area (Å²) in [5.74, 6) is 0. The van der Waals surface area contributed by atoms with Gasteiger partial charge in [0.2, 0.25) is 0 Å². The third-order valence-electron chi connectivity index (χ3n) is 1.66. The fraction of sp³-hybridized carbons (Fsp3) is 0.500. The van der Waals surface area contributed by atoms with Crippen LogP contribution in [-0.2, 0) is 16.0 Å². The van der Waals surface area contributed by atoms with Gasteiger partial charge in [-0.1, -0.05) is 0 Å². The van der Waals surface area contributed by atoms with E-state index in [9.17, 15) is 4.79 Å². The molecule has 1 aromatic heterocycles. The molecule has 0 aromatic carbocycles. The lowest BCUT2D eigenvalue weighted by Gasteiger charge is -2.13. The van der Waals surface area contributed by atoms with E-state index in [1.165, 1.54) is 37.4 Å². The van der Waals surface area contributed by atoms with E-state index in [4.69, 9.17) is 9.47 Å². The van der Waals surface area contributed by atoms with Crippen LogP contribution >= 0.6 is 0 Å². The minimum atomic E-state index is -0.415. The molecule has 0 fully saturated rings. The smallest absolute Gasteiger partial charge is 0.253 e. The van der Waals surface area contributed by atoms with Crippen molar-refractivity contribution in [3.63, 3.8) is 0 Å². The number of methoxy groups -OCH3 is 2. The molecule has 0 aliphatic heterocycles. The molecule has 5 nitrogen and oxygen atoms in total. The topological polar surface area (TPSA) is 53.4 Å². The monoisotopic (exact) mass is 184 g/mol. The van der Waals surface area contributed by atoms with Crippen molar-refractivity contribution in [2.75, 3.05) is 14.2 Å². The van der Waals surface area contributed by atoms with E-state index in [1.54, 1.807) is 0 Å². The highest BCUT2D eigenvalue weighted by molar-refractivity contribution is 4.82. The molecule has 0 atom stereocenters. The molecule has 13 heavy (non-hydrogen) atoms. The molecule has 0 spiro atoms. The predicted molar refractivity (Wildman–Crippen MR) is 46.3 cm³/mol. The minimum absolute atomic E-state index is 0.117. The summed E-state index contributed by atoms with van der Waals surface area (Å²) in [6.07, 6.45) is 2.49. The Hall–Kier alpha value is -1.20. The highest BCUT2D eigenvalue weighted by Gasteiger charge is 2.06. The van der Waals surface area contributed by atoms with Crippen molar-refractivity contribution in [2.24, 2.45) is 0 Å². The van der Waals surface area contributed by atoms with Crippen LogP contribution in [0, 0.1) is 0 Å². The number of rotatable bonds is 4. The molecule has 0 unspecified atom stereocenters. The Kier molecular flexibility index (Phi) is 3.60. The Morgan fingerprint density at radius 2 is 2.23 bits per heavy atom. The summed E-state index contributed by atoms with van der Waals surface area (Å²) < 4.78 is 11.3. The predicted octanol–water partition coefficient (Wildman–Crippen LogP) is -0.138. The van der Waals surface area contributed by atoms with Crippen LogP contribution in [0.4, 0.5) is 0 Å². The van der Waals surface area contributed by atoms with E-state index in [0.717, 1.165) is 0 Å². The molecule has 0 aliphatic carbocycles. The van der Waals surface area contributed by atoms with Gasteiger partial charge >= 0.3 is 0 Å². The third kappa shape index (κ3) is 2.64. The molecule has 1 aromatic rings. The van der Waals surface area contributed by atoms with Gasteiger partial charge in [0.1, 0.15) is 0 Å². The van der Waals surface area contributed by atoms with Gasteiger partial charge in [-0.2, -0.15) is 0 Å². The van der Waals surface area contributed by atoms with Crippen molar-refractivity contribution in [3.05, 3.63) is 28.9 Å². The molecule has 1 heterocycles. The summed E-state index contributed by atoms with van der Waals surface area (Å²) in [6.45, 7) is 0.347. The lowest BCUT2D eigenvalue weighted by molar-refractivity contribution is -0.111. The van der Waals surface area contributed by atoms with Crippen LogP contribution in [0.3, 0.4) is 0 Å². The van der Waals surface area contributed by atoms with Gasteiger partial charge in [-0.25, -0.2) is 4.98 Å². The van der Waals surface area contributed by atoms with Gasteiger partial charge in [-0.15, -0.1) is 0 Å². The first-order valence-corrected chi connectivity index (χ1v) is 3.84. The lowest BCUT2D eigenvalue weighted by Crippen LogP contribution is -2.28. The summed E-state index contributed by atoms with van der Waals surface area (Å²) in [4.78, 5) is 15.0. The first kappa shape index (κ1) is 9.88. The Labute approximate surface area is 75.9 Å². The largest absolute Gasteiger partial charge is 0.354 e. The summed E-state index contributed by atoms with van der Waals surface area (Å²) in [6, 6.07) is 1.39. The van der Waals surface area contributed by atoms with Gasteiger partial charge in [-0.3, -0.25) is 9.36 Å². The first-order valence-electron chi connectivity index (χ1n) is 3.84. The van der Waals surface area contributed by atoms with E-state index >= 15 is 0 Å². The van der Waals surface area contributed by atoms with E-state index in [2.05, 4.69) is 4.98 Å². The van der Waals surface area contributed by atoms with Gasteiger partial charge in [0.05, 0.1) is 12.9 Å². The zero-order valence-corrected chi connectivity index (χ0v) is 7.64. The van der Waals surface area contributed by atoms with E-state index in [0.29, 0.717) is 6.54 Å². The maximum absolute atomic E-state index is 11.2. The van der Waals surface area contributed by atoms with Crippen LogP contribution in [0.1, 0.15) is 0 Å². The van der Waals surface area contributed by atoms with Gasteiger partial charge in [0.15, 0.2) is 6.29 Å². The highest BCUT2D eigenvalue weighted by Crippen LogP contribution is 1.93. The van der Waals surface area contributed by atoms with Gasteiger partial charge < -0.3 is 9.47 Å².